The van der Waals surface area contributed by atoms with Crippen molar-refractivity contribution in [3.8, 4) is 0 Å². The molecule has 0 spiro atoms. The van der Waals surface area contributed by atoms with E-state index in [4.69, 9.17) is 27.9 Å². The Morgan fingerprint density at radius 2 is 1.84 bits per heavy atom. The molecule has 226 valence electrons. The first-order valence-corrected chi connectivity index (χ1v) is 16.3. The number of amides is 2. The van der Waals surface area contributed by atoms with Gasteiger partial charge in [-0.15, -0.1) is 4.72 Å². The summed E-state index contributed by atoms with van der Waals surface area (Å²) in [7, 11) is 1.28. The van der Waals surface area contributed by atoms with E-state index < -0.39 is 29.3 Å². The molecule has 2 amide bonds. The van der Waals surface area contributed by atoms with Crippen LogP contribution < -0.4 is 10.0 Å². The summed E-state index contributed by atoms with van der Waals surface area (Å²) in [4.78, 5) is 46.7. The highest BCUT2D eigenvalue weighted by Gasteiger charge is 2.49. The number of carbonyl (C=O) groups is 3. The molecule has 5 rings (SSSR count). The number of aromatic nitrogens is 1. The van der Waals surface area contributed by atoms with Crippen molar-refractivity contribution < 1.29 is 23.7 Å². The molecule has 0 bridgehead atoms. The van der Waals surface area contributed by atoms with E-state index in [1.54, 1.807) is 65.8 Å². The Morgan fingerprint density at radius 1 is 1.07 bits per heavy atom. The van der Waals surface area contributed by atoms with Gasteiger partial charge in [0.2, 0.25) is 5.91 Å². The molecule has 1 aliphatic heterocycles. The van der Waals surface area contributed by atoms with Crippen LogP contribution in [-0.2, 0) is 27.4 Å². The average Bonchev–Trinajstić information content (AvgIpc) is 3.00. The van der Waals surface area contributed by atoms with Crippen LogP contribution in [0.5, 0.6) is 0 Å². The van der Waals surface area contributed by atoms with E-state index in [0.717, 1.165) is 19.3 Å². The van der Waals surface area contributed by atoms with Crippen molar-refractivity contribution in [3.05, 3.63) is 98.8 Å². The fourth-order valence-corrected chi connectivity index (χ4v) is 7.37. The molecule has 1 saturated carbocycles. The number of esters is 1. The minimum atomic E-state index is -1.31. The minimum absolute atomic E-state index is 0.0414. The van der Waals surface area contributed by atoms with Crippen LogP contribution in [0, 0.1) is 0 Å². The van der Waals surface area contributed by atoms with Crippen LogP contribution in [-0.4, -0.2) is 57.7 Å². The van der Waals surface area contributed by atoms with Crippen molar-refractivity contribution in [2.75, 3.05) is 13.4 Å². The lowest BCUT2D eigenvalue weighted by molar-refractivity contribution is -0.124. The van der Waals surface area contributed by atoms with Crippen molar-refractivity contribution in [3.63, 3.8) is 0 Å². The van der Waals surface area contributed by atoms with Crippen LogP contribution in [0.1, 0.15) is 75.3 Å². The Labute approximate surface area is 263 Å². The van der Waals surface area contributed by atoms with E-state index in [-0.39, 0.29) is 36.1 Å². The van der Waals surface area contributed by atoms with E-state index in [0.29, 0.717) is 38.9 Å². The number of ether oxygens (including phenoxy) is 1. The SMILES string of the molecule is COC(=O)c1cccc(CNC(=O)[C@@H]2c3ccccc3C(=O)N(C3CCCC[C@@H]3N[S+](C)[O-])[C@H]2c2ccc(Cl)cc2Cl)n1. The van der Waals surface area contributed by atoms with E-state index in [1.165, 1.54) is 13.2 Å². The highest BCUT2D eigenvalue weighted by atomic mass is 35.5. The van der Waals surface area contributed by atoms with Gasteiger partial charge < -0.3 is 19.5 Å². The third-order valence-corrected chi connectivity index (χ3v) is 9.19. The van der Waals surface area contributed by atoms with Gasteiger partial charge in [-0.1, -0.05) is 66.4 Å². The first kappa shape index (κ1) is 31.3. The van der Waals surface area contributed by atoms with Gasteiger partial charge in [-0.05, 0) is 54.3 Å². The molecule has 1 fully saturated rings. The molecule has 1 aliphatic carbocycles. The number of benzene rings is 2. The summed E-state index contributed by atoms with van der Waals surface area (Å²) < 4.78 is 20.2. The monoisotopic (exact) mass is 642 g/mol. The lowest BCUT2D eigenvalue weighted by Gasteiger charge is -2.49. The van der Waals surface area contributed by atoms with Crippen LogP contribution in [0.2, 0.25) is 10.0 Å². The molecule has 2 N–H and O–H groups in total. The van der Waals surface area contributed by atoms with Gasteiger partial charge in [0.1, 0.15) is 11.9 Å². The predicted molar refractivity (Wildman–Crippen MR) is 165 cm³/mol. The number of hydrogen-bond donors (Lipinski definition) is 2. The van der Waals surface area contributed by atoms with Gasteiger partial charge in [-0.3, -0.25) is 9.59 Å². The van der Waals surface area contributed by atoms with Gasteiger partial charge in [0.15, 0.2) is 0 Å². The van der Waals surface area contributed by atoms with Crippen molar-refractivity contribution in [1.29, 1.82) is 0 Å². The number of pyridine rings is 1. The summed E-state index contributed by atoms with van der Waals surface area (Å²) in [5.41, 5.74) is 2.19. The minimum Gasteiger partial charge on any atom is -0.598 e. The van der Waals surface area contributed by atoms with E-state index >= 15 is 0 Å². The number of hydrogen-bond acceptors (Lipinski definition) is 7. The number of fused-ring (bicyclic) bond motifs is 1. The van der Waals surface area contributed by atoms with Crippen LogP contribution in [0.3, 0.4) is 0 Å². The topological polar surface area (TPSA) is 124 Å². The van der Waals surface area contributed by atoms with E-state index in [9.17, 15) is 18.9 Å². The van der Waals surface area contributed by atoms with Crippen molar-refractivity contribution in [1.82, 2.24) is 19.9 Å². The van der Waals surface area contributed by atoms with Crippen LogP contribution in [0.4, 0.5) is 0 Å². The summed E-state index contributed by atoms with van der Waals surface area (Å²) in [5.74, 6) is -1.98. The standard InChI is InChI=1S/C31H32Cl2N4O5S/c1-42-31(40)25-12-7-8-19(35-25)17-34-29(38)27-20-9-3-4-10-21(20)30(39)37(26-13-6-5-11-24(26)36-43(2)41)28(27)22-15-14-18(32)16-23(22)33/h3-4,7-10,12,14-16,24,26-28,36H,5-6,11,13,17H2,1-2H3,(H,34,38)/t24-,26?,27+,28-,43?/m0/s1. The number of rotatable bonds is 8. The summed E-state index contributed by atoms with van der Waals surface area (Å²) in [6.07, 6.45) is 4.79. The second-order valence-electron chi connectivity index (χ2n) is 10.6. The van der Waals surface area contributed by atoms with Gasteiger partial charge in [-0.2, -0.15) is 0 Å². The largest absolute Gasteiger partial charge is 0.598 e. The fraction of sp³-hybridized carbons (Fsp3) is 0.355. The molecule has 2 aliphatic rings. The Balaban J connectivity index is 1.59. The first-order chi connectivity index (χ1) is 20.7. The average molecular weight is 644 g/mol. The van der Waals surface area contributed by atoms with Crippen molar-refractivity contribution in [2.45, 2.75) is 56.3 Å². The zero-order chi connectivity index (χ0) is 30.7. The number of carbonyl (C=O) groups excluding carboxylic acids is 3. The molecular weight excluding hydrogens is 611 g/mol. The summed E-state index contributed by atoms with van der Waals surface area (Å²) >= 11 is 11.8. The molecule has 0 saturated heterocycles. The number of halogens is 2. The van der Waals surface area contributed by atoms with Gasteiger partial charge in [0, 0.05) is 27.0 Å². The third-order valence-electron chi connectivity index (χ3n) is 7.99. The molecule has 43 heavy (non-hydrogen) atoms. The molecular formula is C31H32Cl2N4O5S. The molecule has 0 radical (unpaired) electrons. The van der Waals surface area contributed by atoms with E-state index in [2.05, 4.69) is 15.0 Å². The van der Waals surface area contributed by atoms with E-state index in [1.807, 2.05) is 0 Å². The molecule has 1 aromatic heterocycles. The molecule has 5 atom stereocenters. The van der Waals surface area contributed by atoms with Crippen molar-refractivity contribution >= 4 is 52.3 Å². The normalized spacial score (nSPS) is 22.4. The second kappa shape index (κ2) is 13.7. The molecule has 2 aromatic carbocycles. The number of methoxy groups -OCH3 is 1. The quantitative estimate of drug-likeness (QED) is 0.263. The Morgan fingerprint density at radius 3 is 2.58 bits per heavy atom. The van der Waals surface area contributed by atoms with Crippen LogP contribution in [0.25, 0.3) is 0 Å². The molecule has 9 nitrogen and oxygen atoms in total. The summed E-state index contributed by atoms with van der Waals surface area (Å²) in [6.45, 7) is 0.0414. The Hall–Kier alpha value is -3.15. The molecule has 2 heterocycles. The zero-order valence-electron chi connectivity index (χ0n) is 23.7. The van der Waals surface area contributed by atoms with Gasteiger partial charge >= 0.3 is 5.97 Å². The molecule has 12 heteroatoms. The van der Waals surface area contributed by atoms with Gasteiger partial charge in [0.25, 0.3) is 5.91 Å². The molecule has 3 aromatic rings. The summed E-state index contributed by atoms with van der Waals surface area (Å²) in [6, 6.07) is 15.7. The maximum atomic E-state index is 14.4. The zero-order valence-corrected chi connectivity index (χ0v) is 26.0. The number of nitrogens with one attached hydrogen (secondary N) is 2. The van der Waals surface area contributed by atoms with Gasteiger partial charge in [-0.25, -0.2) is 9.78 Å². The maximum absolute atomic E-state index is 14.4. The summed E-state index contributed by atoms with van der Waals surface area (Å²) in [5, 5.41) is 3.74. The fourth-order valence-electron chi connectivity index (χ4n) is 6.15. The number of nitrogens with zero attached hydrogens (tertiary/aromatic N) is 2. The first-order valence-electron chi connectivity index (χ1n) is 14.0. The Kier molecular flexibility index (Phi) is 9.93. The van der Waals surface area contributed by atoms with Crippen LogP contribution in [0.15, 0.2) is 60.7 Å². The van der Waals surface area contributed by atoms with Crippen LogP contribution >= 0.6 is 23.2 Å². The highest BCUT2D eigenvalue weighted by molar-refractivity contribution is 7.88. The maximum Gasteiger partial charge on any atom is 0.356 e. The lowest BCUT2D eigenvalue weighted by atomic mass is 9.76. The Bertz CT molecular complexity index is 1520. The molecule has 2 unspecified atom stereocenters. The lowest BCUT2D eigenvalue weighted by Crippen LogP contribution is -2.59. The van der Waals surface area contributed by atoms with Gasteiger partial charge in [0.05, 0.1) is 43.4 Å². The third kappa shape index (κ3) is 6.68. The van der Waals surface area contributed by atoms with Crippen molar-refractivity contribution in [2.24, 2.45) is 0 Å². The second-order valence-corrected chi connectivity index (χ2v) is 12.6. The smallest absolute Gasteiger partial charge is 0.356 e. The predicted octanol–water partition coefficient (Wildman–Crippen LogP) is 4.97. The highest BCUT2D eigenvalue weighted by Crippen LogP contribution is 2.47.